The van der Waals surface area contributed by atoms with Gasteiger partial charge >= 0.3 is 0 Å². The lowest BCUT2D eigenvalue weighted by Gasteiger charge is -2.27. The van der Waals surface area contributed by atoms with Crippen LogP contribution in [0.1, 0.15) is 41.7 Å². The fourth-order valence-corrected chi connectivity index (χ4v) is 3.12. The van der Waals surface area contributed by atoms with E-state index in [9.17, 15) is 10.1 Å². The second-order valence-corrected chi connectivity index (χ2v) is 6.32. The molecule has 0 bridgehead atoms. The van der Waals surface area contributed by atoms with Crippen molar-refractivity contribution in [1.29, 1.82) is 0 Å². The SMILES string of the molecule is Cn1c(CN2CCc3ncc([N+](=O)[O-])cc3C2)nnc1C1CC1. The van der Waals surface area contributed by atoms with Gasteiger partial charge in [0, 0.05) is 44.2 Å². The molecule has 0 unspecified atom stereocenters. The zero-order valence-corrected chi connectivity index (χ0v) is 13.0. The van der Waals surface area contributed by atoms with Crippen molar-refractivity contribution >= 4 is 5.69 Å². The summed E-state index contributed by atoms with van der Waals surface area (Å²) in [4.78, 5) is 17.0. The summed E-state index contributed by atoms with van der Waals surface area (Å²) in [6.07, 6.45) is 4.57. The average molecular weight is 314 g/mol. The van der Waals surface area contributed by atoms with Crippen LogP contribution >= 0.6 is 0 Å². The summed E-state index contributed by atoms with van der Waals surface area (Å²) in [5, 5.41) is 19.5. The predicted octanol–water partition coefficient (Wildman–Crippen LogP) is 1.55. The summed E-state index contributed by atoms with van der Waals surface area (Å²) in [6.45, 7) is 2.25. The molecule has 0 amide bonds. The molecule has 0 saturated heterocycles. The molecule has 0 atom stereocenters. The Labute approximate surface area is 133 Å². The van der Waals surface area contributed by atoms with Gasteiger partial charge in [-0.2, -0.15) is 0 Å². The van der Waals surface area contributed by atoms with Crippen LogP contribution in [0.4, 0.5) is 5.69 Å². The first kappa shape index (κ1) is 14.3. The van der Waals surface area contributed by atoms with Crippen LogP contribution in [0.15, 0.2) is 12.3 Å². The predicted molar refractivity (Wildman–Crippen MR) is 81.7 cm³/mol. The number of fused-ring (bicyclic) bond motifs is 1. The summed E-state index contributed by atoms with van der Waals surface area (Å²) in [6, 6.07) is 1.64. The Morgan fingerprint density at radius 2 is 2.22 bits per heavy atom. The lowest BCUT2D eigenvalue weighted by molar-refractivity contribution is -0.385. The van der Waals surface area contributed by atoms with Gasteiger partial charge in [0.15, 0.2) is 0 Å². The highest BCUT2D eigenvalue weighted by molar-refractivity contribution is 5.35. The van der Waals surface area contributed by atoms with Gasteiger partial charge in [0.1, 0.15) is 17.8 Å². The first-order valence-electron chi connectivity index (χ1n) is 7.84. The molecular formula is C15H18N6O2. The molecule has 1 saturated carbocycles. The topological polar surface area (TPSA) is 90.0 Å². The van der Waals surface area contributed by atoms with E-state index in [1.165, 1.54) is 19.0 Å². The maximum absolute atomic E-state index is 10.9. The molecule has 8 nitrogen and oxygen atoms in total. The molecule has 3 heterocycles. The van der Waals surface area contributed by atoms with Crippen LogP contribution in [-0.4, -0.2) is 36.1 Å². The summed E-state index contributed by atoms with van der Waals surface area (Å²) >= 11 is 0. The zero-order valence-electron chi connectivity index (χ0n) is 13.0. The molecule has 120 valence electrons. The summed E-state index contributed by atoms with van der Waals surface area (Å²) in [5.41, 5.74) is 1.96. The molecule has 0 N–H and O–H groups in total. The molecule has 1 aliphatic carbocycles. The van der Waals surface area contributed by atoms with Crippen LogP contribution in [0, 0.1) is 10.1 Å². The van der Waals surface area contributed by atoms with Gasteiger partial charge in [0.2, 0.25) is 0 Å². The Kier molecular flexibility index (Phi) is 3.33. The maximum atomic E-state index is 10.9. The van der Waals surface area contributed by atoms with E-state index in [0.717, 1.165) is 35.9 Å². The van der Waals surface area contributed by atoms with Gasteiger partial charge in [-0.1, -0.05) is 0 Å². The number of rotatable bonds is 4. The summed E-state index contributed by atoms with van der Waals surface area (Å²) in [5.74, 6) is 2.61. The highest BCUT2D eigenvalue weighted by Crippen LogP contribution is 2.38. The second-order valence-electron chi connectivity index (χ2n) is 6.32. The van der Waals surface area contributed by atoms with E-state index in [1.54, 1.807) is 6.07 Å². The Hall–Kier alpha value is -2.35. The largest absolute Gasteiger partial charge is 0.317 e. The minimum absolute atomic E-state index is 0.0558. The number of nitrogens with zero attached hydrogens (tertiary/aromatic N) is 6. The third kappa shape index (κ3) is 2.70. The van der Waals surface area contributed by atoms with E-state index in [1.807, 2.05) is 7.05 Å². The smallest absolute Gasteiger partial charge is 0.287 e. The van der Waals surface area contributed by atoms with Gasteiger partial charge in [-0.05, 0) is 18.4 Å². The van der Waals surface area contributed by atoms with Crippen LogP contribution in [0.5, 0.6) is 0 Å². The van der Waals surface area contributed by atoms with Gasteiger partial charge < -0.3 is 4.57 Å². The first-order valence-corrected chi connectivity index (χ1v) is 7.84. The second kappa shape index (κ2) is 5.38. The molecule has 0 aromatic carbocycles. The van der Waals surface area contributed by atoms with Crippen LogP contribution < -0.4 is 0 Å². The van der Waals surface area contributed by atoms with E-state index in [0.29, 0.717) is 19.0 Å². The van der Waals surface area contributed by atoms with E-state index >= 15 is 0 Å². The third-order valence-corrected chi connectivity index (χ3v) is 4.62. The molecule has 2 aliphatic rings. The average Bonchev–Trinajstić information content (AvgIpc) is 3.32. The van der Waals surface area contributed by atoms with E-state index in [-0.39, 0.29) is 5.69 Å². The van der Waals surface area contributed by atoms with E-state index < -0.39 is 4.92 Å². The number of hydrogen-bond acceptors (Lipinski definition) is 6. The van der Waals surface area contributed by atoms with E-state index in [2.05, 4.69) is 24.6 Å². The van der Waals surface area contributed by atoms with Crippen molar-refractivity contribution in [3.05, 3.63) is 45.3 Å². The monoisotopic (exact) mass is 314 g/mol. The molecule has 8 heteroatoms. The van der Waals surface area contributed by atoms with Crippen LogP contribution in [-0.2, 0) is 26.6 Å². The molecule has 2 aromatic rings. The molecule has 4 rings (SSSR count). The number of hydrogen-bond donors (Lipinski definition) is 0. The van der Waals surface area contributed by atoms with Crippen molar-refractivity contribution in [2.75, 3.05) is 6.54 Å². The molecule has 0 spiro atoms. The van der Waals surface area contributed by atoms with Gasteiger partial charge in [-0.3, -0.25) is 20.0 Å². The molecule has 23 heavy (non-hydrogen) atoms. The van der Waals surface area contributed by atoms with Crippen molar-refractivity contribution in [3.63, 3.8) is 0 Å². The Bertz CT molecular complexity index is 767. The Balaban J connectivity index is 1.51. The van der Waals surface area contributed by atoms with Crippen LogP contribution in [0.3, 0.4) is 0 Å². The van der Waals surface area contributed by atoms with Crippen LogP contribution in [0.2, 0.25) is 0 Å². The zero-order chi connectivity index (χ0) is 16.0. The molecule has 1 fully saturated rings. The Morgan fingerprint density at radius 1 is 1.39 bits per heavy atom. The lowest BCUT2D eigenvalue weighted by Crippen LogP contribution is -2.31. The molecular weight excluding hydrogens is 296 g/mol. The molecule has 1 aliphatic heterocycles. The van der Waals surface area contributed by atoms with Crippen molar-refractivity contribution < 1.29 is 4.92 Å². The van der Waals surface area contributed by atoms with E-state index in [4.69, 9.17) is 0 Å². The van der Waals surface area contributed by atoms with Gasteiger partial charge in [0.25, 0.3) is 5.69 Å². The highest BCUT2D eigenvalue weighted by Gasteiger charge is 2.30. The van der Waals surface area contributed by atoms with Gasteiger partial charge in [0.05, 0.1) is 11.5 Å². The third-order valence-electron chi connectivity index (χ3n) is 4.62. The van der Waals surface area contributed by atoms with Crippen molar-refractivity contribution in [2.24, 2.45) is 7.05 Å². The summed E-state index contributed by atoms with van der Waals surface area (Å²) < 4.78 is 2.10. The minimum atomic E-state index is -0.392. The molecule has 2 aromatic heterocycles. The standard InChI is InChI=1S/C15H18N6O2/c1-19-14(17-18-15(19)10-2-3-10)9-20-5-4-13-11(8-20)6-12(7-16-13)21(22)23/h6-7,10H,2-5,8-9H2,1H3. The van der Waals surface area contributed by atoms with Crippen molar-refractivity contribution in [2.45, 2.75) is 38.3 Å². The number of nitro groups is 1. The van der Waals surface area contributed by atoms with Gasteiger partial charge in [-0.25, -0.2) is 0 Å². The summed E-state index contributed by atoms with van der Waals surface area (Å²) in [7, 11) is 2.02. The number of pyridine rings is 1. The lowest BCUT2D eigenvalue weighted by atomic mass is 10.1. The fourth-order valence-electron chi connectivity index (χ4n) is 3.12. The maximum Gasteiger partial charge on any atom is 0.287 e. The van der Waals surface area contributed by atoms with Crippen molar-refractivity contribution in [1.82, 2.24) is 24.6 Å². The Morgan fingerprint density at radius 3 is 2.96 bits per heavy atom. The van der Waals surface area contributed by atoms with Crippen molar-refractivity contribution in [3.8, 4) is 0 Å². The first-order chi connectivity index (χ1) is 11.1. The number of aromatic nitrogens is 4. The normalized spacial score (nSPS) is 18.0. The quantitative estimate of drug-likeness (QED) is 0.628. The highest BCUT2D eigenvalue weighted by atomic mass is 16.6. The van der Waals surface area contributed by atoms with Gasteiger partial charge in [-0.15, -0.1) is 10.2 Å². The molecule has 0 radical (unpaired) electrons. The minimum Gasteiger partial charge on any atom is -0.317 e. The fraction of sp³-hybridized carbons (Fsp3) is 0.533. The van der Waals surface area contributed by atoms with Crippen LogP contribution in [0.25, 0.3) is 0 Å².